The van der Waals surface area contributed by atoms with Gasteiger partial charge in [-0.3, -0.25) is 19.3 Å². The van der Waals surface area contributed by atoms with Crippen LogP contribution in [0.3, 0.4) is 0 Å². The van der Waals surface area contributed by atoms with Crippen molar-refractivity contribution in [3.05, 3.63) is 65.2 Å². The lowest BCUT2D eigenvalue weighted by atomic mass is 10.1. The molecule has 2 aromatic carbocycles. The quantitative estimate of drug-likeness (QED) is 0.490. The van der Waals surface area contributed by atoms with Gasteiger partial charge in [-0.15, -0.1) is 0 Å². The highest BCUT2D eigenvalue weighted by molar-refractivity contribution is 6.22. The van der Waals surface area contributed by atoms with Crippen LogP contribution in [-0.4, -0.2) is 40.0 Å². The fraction of sp³-hybridized carbons (Fsp3) is 0.158. The molecule has 0 saturated heterocycles. The van der Waals surface area contributed by atoms with Crippen molar-refractivity contribution in [2.24, 2.45) is 5.10 Å². The molecule has 26 heavy (non-hydrogen) atoms. The van der Waals surface area contributed by atoms with E-state index in [1.165, 1.54) is 12.1 Å². The lowest BCUT2D eigenvalue weighted by Gasteiger charge is -2.14. The lowest BCUT2D eigenvalue weighted by Crippen LogP contribution is -2.35. The molecule has 0 aromatic heterocycles. The van der Waals surface area contributed by atoms with Gasteiger partial charge in [0.15, 0.2) is 0 Å². The van der Waals surface area contributed by atoms with E-state index in [0.29, 0.717) is 23.3 Å². The summed E-state index contributed by atoms with van der Waals surface area (Å²) in [6.45, 7) is 1.80. The van der Waals surface area contributed by atoms with Gasteiger partial charge in [0, 0.05) is 0 Å². The van der Waals surface area contributed by atoms with Gasteiger partial charge >= 0.3 is 0 Å². The summed E-state index contributed by atoms with van der Waals surface area (Å²) in [5.41, 5.74) is 3.64. The lowest BCUT2D eigenvalue weighted by molar-refractivity contribution is 0.0677. The molecule has 3 rings (SSSR count). The predicted octanol–water partition coefficient (Wildman–Crippen LogP) is 2.18. The zero-order chi connectivity index (χ0) is 18.7. The summed E-state index contributed by atoms with van der Waals surface area (Å²) in [6, 6.07) is 12.7. The number of hydrazone groups is 1. The third-order valence-corrected chi connectivity index (χ3v) is 4.09. The first kappa shape index (κ1) is 17.3. The largest absolute Gasteiger partial charge is 0.507 e. The number of benzene rings is 2. The zero-order valence-corrected chi connectivity index (χ0v) is 14.1. The summed E-state index contributed by atoms with van der Waals surface area (Å²) in [7, 11) is 0. The van der Waals surface area contributed by atoms with Gasteiger partial charge in [0.25, 0.3) is 17.7 Å². The number of phenols is 1. The molecule has 0 radical (unpaired) electrons. The molecule has 2 N–H and O–H groups in total. The molecule has 2 aromatic rings. The Morgan fingerprint density at radius 1 is 1.04 bits per heavy atom. The maximum Gasteiger partial charge on any atom is 0.275 e. The van der Waals surface area contributed by atoms with E-state index in [4.69, 9.17) is 0 Å². The van der Waals surface area contributed by atoms with Gasteiger partial charge in [0.05, 0.1) is 28.9 Å². The monoisotopic (exact) mass is 351 g/mol. The fourth-order valence-electron chi connectivity index (χ4n) is 2.65. The first-order chi connectivity index (χ1) is 12.5. The van der Waals surface area contributed by atoms with Gasteiger partial charge in [-0.1, -0.05) is 31.2 Å². The Bertz CT molecular complexity index is 886. The second-order valence-electron chi connectivity index (χ2n) is 5.73. The van der Waals surface area contributed by atoms with Gasteiger partial charge in [0.2, 0.25) is 0 Å². The van der Waals surface area contributed by atoms with E-state index in [1.54, 1.807) is 36.4 Å². The third-order valence-electron chi connectivity index (χ3n) is 4.09. The van der Waals surface area contributed by atoms with Crippen molar-refractivity contribution < 1.29 is 19.5 Å². The number of phenolic OH excluding ortho intramolecular Hbond substituents is 1. The molecule has 0 spiro atoms. The van der Waals surface area contributed by atoms with E-state index in [9.17, 15) is 19.5 Å². The van der Waals surface area contributed by atoms with Crippen LogP contribution >= 0.6 is 0 Å². The molecule has 1 aliphatic rings. The van der Waals surface area contributed by atoms with E-state index >= 15 is 0 Å². The number of carbonyl (C=O) groups excluding carboxylic acids is 3. The van der Waals surface area contributed by atoms with E-state index < -0.39 is 5.91 Å². The maximum absolute atomic E-state index is 12.4. The van der Waals surface area contributed by atoms with Crippen LogP contribution in [0.1, 0.15) is 44.4 Å². The smallest absolute Gasteiger partial charge is 0.275 e. The van der Waals surface area contributed by atoms with Crippen LogP contribution < -0.4 is 5.43 Å². The average Bonchev–Trinajstić information content (AvgIpc) is 2.90. The van der Waals surface area contributed by atoms with Crippen LogP contribution in [0.25, 0.3) is 0 Å². The SMILES string of the molecule is CC/C(CN1C(=O)c2ccccc2C1=O)=N\NC(=O)c1ccccc1O. The van der Waals surface area contributed by atoms with E-state index in [-0.39, 0.29) is 29.7 Å². The number of rotatable bonds is 5. The second kappa shape index (κ2) is 7.18. The molecule has 3 amide bonds. The molecule has 0 saturated carbocycles. The fourth-order valence-corrected chi connectivity index (χ4v) is 2.65. The van der Waals surface area contributed by atoms with E-state index in [1.807, 2.05) is 6.92 Å². The molecule has 0 bridgehead atoms. The molecule has 7 heteroatoms. The van der Waals surface area contributed by atoms with E-state index in [0.717, 1.165) is 4.90 Å². The van der Waals surface area contributed by atoms with Crippen LogP contribution in [0.2, 0.25) is 0 Å². The standard InChI is InChI=1S/C19H17N3O4/c1-2-12(20-21-17(24)15-9-5-6-10-16(15)23)11-22-18(25)13-7-3-4-8-14(13)19(22)26/h3-10,23H,2,11H2,1H3,(H,21,24)/b20-12+. The van der Waals surface area contributed by atoms with Crippen molar-refractivity contribution in [3.63, 3.8) is 0 Å². The average molecular weight is 351 g/mol. The maximum atomic E-state index is 12.4. The Hall–Kier alpha value is -3.48. The van der Waals surface area contributed by atoms with Crippen LogP contribution in [0.5, 0.6) is 5.75 Å². The highest BCUT2D eigenvalue weighted by Crippen LogP contribution is 2.22. The summed E-state index contributed by atoms with van der Waals surface area (Å²) >= 11 is 0. The van der Waals surface area contributed by atoms with Crippen LogP contribution in [-0.2, 0) is 0 Å². The van der Waals surface area contributed by atoms with Crippen molar-refractivity contribution in [1.29, 1.82) is 0 Å². The van der Waals surface area contributed by atoms with Crippen LogP contribution in [0.15, 0.2) is 53.6 Å². The third kappa shape index (κ3) is 3.19. The number of imide groups is 1. The van der Waals surface area contributed by atoms with Gasteiger partial charge in [-0.05, 0) is 30.7 Å². The number of hydrogen-bond donors (Lipinski definition) is 2. The Balaban J connectivity index is 1.73. The van der Waals surface area contributed by atoms with Crippen molar-refractivity contribution in [1.82, 2.24) is 10.3 Å². The van der Waals surface area contributed by atoms with Crippen molar-refractivity contribution in [2.45, 2.75) is 13.3 Å². The molecular weight excluding hydrogens is 334 g/mol. The zero-order valence-electron chi connectivity index (χ0n) is 14.1. The first-order valence-electron chi connectivity index (χ1n) is 8.12. The topological polar surface area (TPSA) is 99.1 Å². The summed E-state index contributed by atoms with van der Waals surface area (Å²) < 4.78 is 0. The molecule has 0 aliphatic carbocycles. The highest BCUT2D eigenvalue weighted by atomic mass is 16.3. The second-order valence-corrected chi connectivity index (χ2v) is 5.73. The number of carbonyl (C=O) groups is 3. The summed E-state index contributed by atoms with van der Waals surface area (Å²) in [5.74, 6) is -1.48. The Kier molecular flexibility index (Phi) is 4.79. The molecular formula is C19H17N3O4. The molecule has 7 nitrogen and oxygen atoms in total. The number of nitrogens with zero attached hydrogens (tertiary/aromatic N) is 2. The molecule has 1 aliphatic heterocycles. The van der Waals surface area contributed by atoms with Gasteiger partial charge < -0.3 is 5.11 Å². The minimum Gasteiger partial charge on any atom is -0.507 e. The number of amides is 3. The predicted molar refractivity (Wildman–Crippen MR) is 95.1 cm³/mol. The molecule has 132 valence electrons. The Morgan fingerprint density at radius 2 is 1.62 bits per heavy atom. The summed E-state index contributed by atoms with van der Waals surface area (Å²) in [5, 5.41) is 13.7. The van der Waals surface area contributed by atoms with Crippen LogP contribution in [0, 0.1) is 0 Å². The van der Waals surface area contributed by atoms with Crippen molar-refractivity contribution in [2.75, 3.05) is 6.54 Å². The molecule has 0 unspecified atom stereocenters. The Labute approximate surface area is 149 Å². The number of nitrogens with one attached hydrogen (secondary N) is 1. The minimum absolute atomic E-state index is 0.0100. The van der Waals surface area contributed by atoms with E-state index in [2.05, 4.69) is 10.5 Å². The molecule has 0 fully saturated rings. The molecule has 1 heterocycles. The summed E-state index contributed by atoms with van der Waals surface area (Å²) in [6.07, 6.45) is 0.439. The normalized spacial score (nSPS) is 13.7. The first-order valence-corrected chi connectivity index (χ1v) is 8.12. The number of aromatic hydroxyl groups is 1. The van der Waals surface area contributed by atoms with Gasteiger partial charge in [0.1, 0.15) is 5.75 Å². The number of para-hydroxylation sites is 1. The van der Waals surface area contributed by atoms with Gasteiger partial charge in [-0.2, -0.15) is 5.10 Å². The number of hydrogen-bond acceptors (Lipinski definition) is 5. The highest BCUT2D eigenvalue weighted by Gasteiger charge is 2.35. The minimum atomic E-state index is -0.573. The Morgan fingerprint density at radius 3 is 2.19 bits per heavy atom. The van der Waals surface area contributed by atoms with Crippen LogP contribution in [0.4, 0.5) is 0 Å². The van der Waals surface area contributed by atoms with Crippen molar-refractivity contribution in [3.8, 4) is 5.75 Å². The number of fused-ring (bicyclic) bond motifs is 1. The van der Waals surface area contributed by atoms with Crippen molar-refractivity contribution >= 4 is 23.4 Å². The van der Waals surface area contributed by atoms with Gasteiger partial charge in [-0.25, -0.2) is 5.43 Å². The summed E-state index contributed by atoms with van der Waals surface area (Å²) in [4.78, 5) is 38.0. The molecule has 0 atom stereocenters.